The highest BCUT2D eigenvalue weighted by atomic mass is 16.2. The summed E-state index contributed by atoms with van der Waals surface area (Å²) in [7, 11) is 0. The minimum Gasteiger partial charge on any atom is -0.369 e. The molecule has 2 aromatic carbocycles. The van der Waals surface area contributed by atoms with Crippen molar-refractivity contribution in [2.24, 2.45) is 0 Å². The van der Waals surface area contributed by atoms with E-state index in [1.165, 1.54) is 18.9 Å². The lowest BCUT2D eigenvalue weighted by Crippen LogP contribution is -2.35. The summed E-state index contributed by atoms with van der Waals surface area (Å²) in [5.74, 6) is -0.755. The molecule has 204 valence electrons. The third kappa shape index (κ3) is 5.98. The van der Waals surface area contributed by atoms with Crippen LogP contribution in [0.25, 0.3) is 11.1 Å². The summed E-state index contributed by atoms with van der Waals surface area (Å²) >= 11 is 0. The van der Waals surface area contributed by atoms with Gasteiger partial charge in [-0.15, -0.1) is 0 Å². The van der Waals surface area contributed by atoms with Crippen LogP contribution in [0.15, 0.2) is 59.9 Å². The Morgan fingerprint density at radius 1 is 1.10 bits per heavy atom. The van der Waals surface area contributed by atoms with Crippen molar-refractivity contribution in [1.82, 2.24) is 10.3 Å². The molecule has 0 aliphatic heterocycles. The van der Waals surface area contributed by atoms with Gasteiger partial charge in [-0.1, -0.05) is 49.8 Å². The Balaban J connectivity index is 1.88. The maximum atomic E-state index is 14.0. The normalized spacial score (nSPS) is 13.2. The van der Waals surface area contributed by atoms with Crippen molar-refractivity contribution in [2.75, 3.05) is 16.8 Å². The number of hydrogen-bond acceptors (Lipinski definition) is 4. The Morgan fingerprint density at radius 2 is 1.79 bits per heavy atom. The van der Waals surface area contributed by atoms with Gasteiger partial charge in [0.25, 0.3) is 11.5 Å². The Hall–Kier alpha value is -4.13. The average molecular weight is 527 g/mol. The fourth-order valence-electron chi connectivity index (χ4n) is 5.70. The first-order chi connectivity index (χ1) is 18.7. The monoisotopic (exact) mass is 526 g/mol. The maximum Gasteiger partial charge on any atom is 0.254 e. The molecule has 0 bridgehead atoms. The van der Waals surface area contributed by atoms with Gasteiger partial charge in [0.1, 0.15) is 0 Å². The van der Waals surface area contributed by atoms with E-state index in [0.29, 0.717) is 22.9 Å². The van der Waals surface area contributed by atoms with Crippen molar-refractivity contribution in [3.8, 4) is 11.1 Å². The van der Waals surface area contributed by atoms with Gasteiger partial charge in [-0.25, -0.2) is 0 Å². The van der Waals surface area contributed by atoms with E-state index in [2.05, 4.69) is 40.1 Å². The number of amides is 2. The highest BCUT2D eigenvalue weighted by Gasteiger charge is 2.28. The first kappa shape index (κ1) is 27.9. The number of nitrogens with zero attached hydrogens (tertiary/aromatic N) is 1. The van der Waals surface area contributed by atoms with E-state index in [4.69, 9.17) is 0 Å². The average Bonchev–Trinajstić information content (AvgIpc) is 3.44. The fourth-order valence-corrected chi connectivity index (χ4v) is 5.70. The molecule has 1 heterocycles. The number of hydrogen-bond donors (Lipinski definition) is 3. The summed E-state index contributed by atoms with van der Waals surface area (Å²) in [5.41, 5.74) is 6.10. The Morgan fingerprint density at radius 3 is 2.41 bits per heavy atom. The first-order valence-electron chi connectivity index (χ1n) is 13.7. The second-order valence-electron chi connectivity index (χ2n) is 10.2. The van der Waals surface area contributed by atoms with Gasteiger partial charge in [0.05, 0.1) is 11.3 Å². The Kier molecular flexibility index (Phi) is 8.69. The molecule has 7 heteroatoms. The Labute approximate surface area is 230 Å². The third-order valence-corrected chi connectivity index (χ3v) is 7.64. The smallest absolute Gasteiger partial charge is 0.254 e. The van der Waals surface area contributed by atoms with Crippen LogP contribution in [0, 0.1) is 20.8 Å². The van der Waals surface area contributed by atoms with E-state index >= 15 is 0 Å². The van der Waals surface area contributed by atoms with E-state index < -0.39 is 5.91 Å². The second kappa shape index (κ2) is 12.2. The van der Waals surface area contributed by atoms with E-state index in [-0.39, 0.29) is 18.0 Å². The van der Waals surface area contributed by atoms with Gasteiger partial charge in [0.15, 0.2) is 0 Å². The summed E-state index contributed by atoms with van der Waals surface area (Å²) in [4.78, 5) is 44.4. The lowest BCUT2D eigenvalue weighted by Gasteiger charge is -2.33. The zero-order chi connectivity index (χ0) is 28.1. The van der Waals surface area contributed by atoms with Crippen LogP contribution in [0.3, 0.4) is 0 Å². The number of rotatable bonds is 9. The van der Waals surface area contributed by atoms with Gasteiger partial charge >= 0.3 is 0 Å². The third-order valence-electron chi connectivity index (χ3n) is 7.64. The van der Waals surface area contributed by atoms with Gasteiger partial charge in [-0.05, 0) is 75.4 Å². The molecule has 4 rings (SSSR count). The summed E-state index contributed by atoms with van der Waals surface area (Å²) in [5, 5.41) is 5.89. The SMILES string of the molecule is C=CC(=O)Nc1c(-c2ccccc2)cc(N(CC)C2CCCC2)c(C)c1C(=O)NCc1c(C)cc(C)[nH]c1=O. The van der Waals surface area contributed by atoms with Gasteiger partial charge in [0.2, 0.25) is 5.91 Å². The van der Waals surface area contributed by atoms with E-state index in [9.17, 15) is 14.4 Å². The number of carbonyl (C=O) groups excluding carboxylic acids is 2. The number of aryl methyl sites for hydroxylation is 2. The molecule has 1 aliphatic carbocycles. The van der Waals surface area contributed by atoms with Crippen LogP contribution >= 0.6 is 0 Å². The van der Waals surface area contributed by atoms with Gasteiger partial charge in [-0.2, -0.15) is 0 Å². The van der Waals surface area contributed by atoms with Gasteiger partial charge < -0.3 is 20.5 Å². The number of aromatic nitrogens is 1. The van der Waals surface area contributed by atoms with Crippen molar-refractivity contribution in [3.05, 3.63) is 93.4 Å². The van der Waals surface area contributed by atoms with Gasteiger partial charge in [-0.3, -0.25) is 14.4 Å². The lowest BCUT2D eigenvalue weighted by molar-refractivity contribution is -0.111. The van der Waals surface area contributed by atoms with Crippen LogP contribution in [0.2, 0.25) is 0 Å². The van der Waals surface area contributed by atoms with Crippen LogP contribution in [0.5, 0.6) is 0 Å². The molecule has 7 nitrogen and oxygen atoms in total. The molecule has 39 heavy (non-hydrogen) atoms. The molecule has 1 aromatic heterocycles. The number of carbonyl (C=O) groups is 2. The van der Waals surface area contributed by atoms with E-state index in [1.54, 1.807) is 0 Å². The van der Waals surface area contributed by atoms with Crippen molar-refractivity contribution in [3.63, 3.8) is 0 Å². The van der Waals surface area contributed by atoms with Crippen LogP contribution in [-0.2, 0) is 11.3 Å². The van der Waals surface area contributed by atoms with Crippen molar-refractivity contribution in [1.29, 1.82) is 0 Å². The highest BCUT2D eigenvalue weighted by molar-refractivity contribution is 6.12. The predicted molar refractivity (Wildman–Crippen MR) is 158 cm³/mol. The predicted octanol–water partition coefficient (Wildman–Crippen LogP) is 5.79. The molecule has 2 amide bonds. The number of nitrogens with one attached hydrogen (secondary N) is 3. The molecular weight excluding hydrogens is 488 g/mol. The zero-order valence-electron chi connectivity index (χ0n) is 23.3. The fraction of sp³-hybridized carbons (Fsp3) is 0.344. The van der Waals surface area contributed by atoms with Crippen LogP contribution in [0.4, 0.5) is 11.4 Å². The topological polar surface area (TPSA) is 94.3 Å². The van der Waals surface area contributed by atoms with Crippen molar-refractivity contribution in [2.45, 2.75) is 66.0 Å². The highest BCUT2D eigenvalue weighted by Crippen LogP contribution is 2.41. The Bertz CT molecular complexity index is 1440. The molecule has 1 aliphatic rings. The van der Waals surface area contributed by atoms with Crippen LogP contribution in [-0.4, -0.2) is 29.4 Å². The summed E-state index contributed by atoms with van der Waals surface area (Å²) in [6.07, 6.45) is 5.81. The second-order valence-corrected chi connectivity index (χ2v) is 10.2. The minimum absolute atomic E-state index is 0.0690. The molecule has 1 fully saturated rings. The number of benzene rings is 2. The van der Waals surface area contributed by atoms with Crippen LogP contribution < -0.4 is 21.1 Å². The molecule has 0 atom stereocenters. The molecule has 0 unspecified atom stereocenters. The summed E-state index contributed by atoms with van der Waals surface area (Å²) < 4.78 is 0. The molecular formula is C32H38N4O3. The first-order valence-corrected chi connectivity index (χ1v) is 13.7. The molecule has 1 saturated carbocycles. The minimum atomic E-state index is -0.401. The molecule has 0 spiro atoms. The van der Waals surface area contributed by atoms with Gasteiger partial charge in [0, 0.05) is 41.6 Å². The largest absolute Gasteiger partial charge is 0.369 e. The van der Waals surface area contributed by atoms with Crippen LogP contribution in [0.1, 0.15) is 65.3 Å². The number of H-pyrrole nitrogens is 1. The number of aromatic amines is 1. The lowest BCUT2D eigenvalue weighted by atomic mass is 9.93. The summed E-state index contributed by atoms with van der Waals surface area (Å²) in [6.45, 7) is 12.2. The molecule has 3 N–H and O–H groups in total. The van der Waals surface area contributed by atoms with Crippen molar-refractivity contribution >= 4 is 23.2 Å². The molecule has 0 radical (unpaired) electrons. The van der Waals surface area contributed by atoms with Crippen molar-refractivity contribution < 1.29 is 9.59 Å². The standard InChI is InChI=1S/C32H38N4O3/c1-6-28(37)35-30-25(23-13-9-8-10-14-23)18-27(36(7-2)24-15-11-12-16-24)22(5)29(30)32(39)33-19-26-20(3)17-21(4)34-31(26)38/h6,8-10,13-14,17-18,24H,1,7,11-12,15-16,19H2,2-5H3,(H,33,39)(H,34,38)(H,35,37). The quantitative estimate of drug-likeness (QED) is 0.308. The number of pyridine rings is 1. The zero-order valence-corrected chi connectivity index (χ0v) is 23.3. The summed E-state index contributed by atoms with van der Waals surface area (Å²) in [6, 6.07) is 14.1. The number of anilines is 2. The molecule has 3 aromatic rings. The van der Waals surface area contributed by atoms with E-state index in [1.807, 2.05) is 57.2 Å². The molecule has 0 saturated heterocycles. The maximum absolute atomic E-state index is 14.0. The van der Waals surface area contributed by atoms with E-state index in [0.717, 1.165) is 53.0 Å².